The summed E-state index contributed by atoms with van der Waals surface area (Å²) in [6, 6.07) is 15.1. The van der Waals surface area contributed by atoms with Gasteiger partial charge in [-0.15, -0.1) is 11.3 Å². The number of aromatic nitrogens is 1. The predicted molar refractivity (Wildman–Crippen MR) is 129 cm³/mol. The van der Waals surface area contributed by atoms with Gasteiger partial charge in [-0.1, -0.05) is 48.5 Å². The number of fused-ring (bicyclic) bond motifs is 3. The number of carboxylic acid groups (broad SMARTS) is 1. The van der Waals surface area contributed by atoms with Crippen LogP contribution in [-0.2, 0) is 14.3 Å². The van der Waals surface area contributed by atoms with Crippen LogP contribution in [0.25, 0.3) is 11.1 Å². The third-order valence-electron chi connectivity index (χ3n) is 6.42. The summed E-state index contributed by atoms with van der Waals surface area (Å²) in [5, 5.41) is 13.7. The number of rotatable bonds is 6. The van der Waals surface area contributed by atoms with Crippen LogP contribution >= 0.6 is 11.3 Å². The minimum absolute atomic E-state index is 0.0620. The number of ether oxygens (including phenoxy) is 2. The molecule has 2 atom stereocenters. The third-order valence-corrected chi connectivity index (χ3v) is 7.18. The van der Waals surface area contributed by atoms with Crippen molar-refractivity contribution in [2.24, 2.45) is 0 Å². The summed E-state index contributed by atoms with van der Waals surface area (Å²) in [5.74, 6) is -1.68. The molecule has 0 radical (unpaired) electrons. The van der Waals surface area contributed by atoms with Gasteiger partial charge in [0.05, 0.1) is 6.10 Å². The Bertz CT molecular complexity index is 1250. The summed E-state index contributed by atoms with van der Waals surface area (Å²) in [5.41, 5.74) is 4.55. The lowest BCUT2D eigenvalue weighted by molar-refractivity contribution is -0.141. The molecule has 9 nitrogen and oxygen atoms in total. The number of anilines is 1. The molecule has 0 bridgehead atoms. The number of carbonyl (C=O) groups excluding carboxylic acids is 2. The van der Waals surface area contributed by atoms with Crippen LogP contribution in [0.4, 0.5) is 9.93 Å². The number of likely N-dealkylation sites (tertiary alicyclic amines) is 1. The van der Waals surface area contributed by atoms with Crippen molar-refractivity contribution in [1.82, 2.24) is 9.88 Å². The summed E-state index contributed by atoms with van der Waals surface area (Å²) in [4.78, 5) is 42.3. The molecule has 2 N–H and O–H groups in total. The first kappa shape index (κ1) is 23.0. The molecule has 2 unspecified atom stereocenters. The van der Waals surface area contributed by atoms with E-state index < -0.39 is 24.0 Å². The molecule has 0 spiro atoms. The van der Waals surface area contributed by atoms with E-state index in [1.165, 1.54) is 17.4 Å². The Morgan fingerprint density at radius 3 is 2.40 bits per heavy atom. The van der Waals surface area contributed by atoms with Gasteiger partial charge in [0, 0.05) is 31.4 Å². The topological polar surface area (TPSA) is 118 Å². The molecule has 1 fully saturated rings. The fourth-order valence-corrected chi connectivity index (χ4v) is 5.40. The molecule has 2 heterocycles. The number of nitrogens with zero attached hydrogens (tertiary/aromatic N) is 2. The predicted octanol–water partition coefficient (Wildman–Crippen LogP) is 3.82. The maximum Gasteiger partial charge on any atom is 0.413 e. The lowest BCUT2D eigenvalue weighted by Gasteiger charge is -2.19. The maximum atomic E-state index is 12.9. The van der Waals surface area contributed by atoms with E-state index in [0.717, 1.165) is 33.6 Å². The van der Waals surface area contributed by atoms with Crippen LogP contribution in [0.2, 0.25) is 0 Å². The van der Waals surface area contributed by atoms with Crippen molar-refractivity contribution in [1.29, 1.82) is 0 Å². The molecular weight excluding hydrogens is 470 g/mol. The first-order valence-corrected chi connectivity index (χ1v) is 12.0. The number of thiazole rings is 1. The van der Waals surface area contributed by atoms with E-state index in [1.54, 1.807) is 0 Å². The second-order valence-electron chi connectivity index (χ2n) is 8.39. The molecule has 2 aliphatic rings. The Morgan fingerprint density at radius 2 is 1.77 bits per heavy atom. The van der Waals surface area contributed by atoms with E-state index in [9.17, 15) is 19.5 Å². The van der Waals surface area contributed by atoms with Crippen molar-refractivity contribution in [3.05, 3.63) is 70.7 Å². The fraction of sp³-hybridized carbons (Fsp3) is 0.280. The Balaban J connectivity index is 1.23. The average Bonchev–Trinajstić information content (AvgIpc) is 3.58. The van der Waals surface area contributed by atoms with E-state index in [0.29, 0.717) is 0 Å². The Hall–Kier alpha value is -3.76. The van der Waals surface area contributed by atoms with Gasteiger partial charge < -0.3 is 19.5 Å². The Morgan fingerprint density at radius 1 is 1.11 bits per heavy atom. The molecule has 2 amide bonds. The van der Waals surface area contributed by atoms with Gasteiger partial charge in [0.2, 0.25) is 0 Å². The minimum Gasteiger partial charge on any atom is -0.480 e. The highest BCUT2D eigenvalue weighted by molar-refractivity contribution is 7.14. The van der Waals surface area contributed by atoms with Crippen LogP contribution in [-0.4, -0.2) is 65.4 Å². The van der Waals surface area contributed by atoms with E-state index in [2.05, 4.69) is 22.4 Å². The summed E-state index contributed by atoms with van der Waals surface area (Å²) < 4.78 is 10.7. The number of aliphatic carboxylic acids is 1. The van der Waals surface area contributed by atoms with Gasteiger partial charge in [0.15, 0.2) is 5.13 Å². The third kappa shape index (κ3) is 4.38. The second-order valence-corrected chi connectivity index (χ2v) is 9.25. The number of hydrogen-bond acceptors (Lipinski definition) is 7. The molecule has 180 valence electrons. The minimum atomic E-state index is -1.09. The number of hydrogen-bond donors (Lipinski definition) is 2. The van der Waals surface area contributed by atoms with Gasteiger partial charge >= 0.3 is 12.1 Å². The van der Waals surface area contributed by atoms with Crippen LogP contribution in [0.1, 0.15) is 34.0 Å². The standard InChI is InChI=1S/C25H23N3O6S/c1-33-14-10-21(23(30)31)28(11-14)22(29)20-13-35-24(26-20)27-25(32)34-12-19-17-8-4-2-6-15(17)16-7-3-5-9-18(16)19/h2-9,13-14,19,21H,10-12H2,1H3,(H,30,31)(H,26,27,32). The fourth-order valence-electron chi connectivity index (χ4n) is 4.73. The zero-order valence-corrected chi connectivity index (χ0v) is 19.7. The van der Waals surface area contributed by atoms with Crippen molar-refractivity contribution >= 4 is 34.4 Å². The molecule has 1 aliphatic heterocycles. The number of carbonyl (C=O) groups is 3. The van der Waals surface area contributed by atoms with E-state index in [4.69, 9.17) is 9.47 Å². The molecule has 5 rings (SSSR count). The second kappa shape index (κ2) is 9.47. The largest absolute Gasteiger partial charge is 0.480 e. The highest BCUT2D eigenvalue weighted by Gasteiger charge is 2.40. The Kier molecular flexibility index (Phi) is 6.23. The summed E-state index contributed by atoms with van der Waals surface area (Å²) in [6.07, 6.45) is -0.812. The first-order chi connectivity index (χ1) is 17.0. The zero-order chi connectivity index (χ0) is 24.5. The number of carboxylic acids is 1. The number of nitrogens with one attached hydrogen (secondary N) is 1. The van der Waals surface area contributed by atoms with Gasteiger partial charge in [-0.25, -0.2) is 14.6 Å². The monoisotopic (exact) mass is 493 g/mol. The molecule has 2 aromatic carbocycles. The lowest BCUT2D eigenvalue weighted by Crippen LogP contribution is -2.40. The molecule has 1 saturated heterocycles. The first-order valence-electron chi connectivity index (χ1n) is 11.1. The van der Waals surface area contributed by atoms with Crippen LogP contribution in [0.15, 0.2) is 53.9 Å². The van der Waals surface area contributed by atoms with Crippen LogP contribution in [0.5, 0.6) is 0 Å². The van der Waals surface area contributed by atoms with Crippen molar-refractivity contribution in [3.8, 4) is 11.1 Å². The van der Waals surface area contributed by atoms with Crippen LogP contribution < -0.4 is 5.32 Å². The summed E-state index contributed by atoms with van der Waals surface area (Å²) in [7, 11) is 1.48. The molecule has 1 aromatic heterocycles. The van der Waals surface area contributed by atoms with E-state index in [-0.39, 0.29) is 42.4 Å². The SMILES string of the molecule is COC1CC(C(=O)O)N(C(=O)c2csc(NC(=O)OCC3c4ccccc4-c4ccccc43)n2)C1. The highest BCUT2D eigenvalue weighted by Crippen LogP contribution is 2.44. The summed E-state index contributed by atoms with van der Waals surface area (Å²) >= 11 is 1.07. The van der Waals surface area contributed by atoms with Gasteiger partial charge in [-0.3, -0.25) is 10.1 Å². The number of amides is 2. The number of benzene rings is 2. The van der Waals surface area contributed by atoms with E-state index >= 15 is 0 Å². The average molecular weight is 494 g/mol. The molecule has 10 heteroatoms. The smallest absolute Gasteiger partial charge is 0.413 e. The Labute approximate surface area is 205 Å². The van der Waals surface area contributed by atoms with Crippen molar-refractivity contribution in [3.63, 3.8) is 0 Å². The van der Waals surface area contributed by atoms with Crippen molar-refractivity contribution in [2.75, 3.05) is 25.6 Å². The van der Waals surface area contributed by atoms with Gasteiger partial charge in [0.1, 0.15) is 18.3 Å². The van der Waals surface area contributed by atoms with Crippen LogP contribution in [0.3, 0.4) is 0 Å². The molecule has 0 saturated carbocycles. The highest BCUT2D eigenvalue weighted by atomic mass is 32.1. The molecular formula is C25H23N3O6S. The lowest BCUT2D eigenvalue weighted by atomic mass is 9.98. The molecule has 35 heavy (non-hydrogen) atoms. The van der Waals surface area contributed by atoms with Crippen LogP contribution in [0, 0.1) is 0 Å². The maximum absolute atomic E-state index is 12.9. The molecule has 3 aromatic rings. The zero-order valence-electron chi connectivity index (χ0n) is 18.8. The van der Waals surface area contributed by atoms with Crippen molar-refractivity contribution < 1.29 is 29.0 Å². The molecule has 1 aliphatic carbocycles. The van der Waals surface area contributed by atoms with E-state index in [1.807, 2.05) is 36.4 Å². The van der Waals surface area contributed by atoms with Crippen molar-refractivity contribution in [2.45, 2.75) is 24.5 Å². The number of methoxy groups -OCH3 is 1. The van der Waals surface area contributed by atoms with Gasteiger partial charge in [-0.2, -0.15) is 0 Å². The van der Waals surface area contributed by atoms with Gasteiger partial charge in [0.25, 0.3) is 5.91 Å². The quantitative estimate of drug-likeness (QED) is 0.536. The van der Waals surface area contributed by atoms with Gasteiger partial charge in [-0.05, 0) is 22.3 Å². The normalized spacial score (nSPS) is 18.7. The summed E-state index contributed by atoms with van der Waals surface area (Å²) in [6.45, 7) is 0.322.